The molecule has 7 nitrogen and oxygen atoms in total. The van der Waals surface area contributed by atoms with Gasteiger partial charge in [-0.25, -0.2) is 4.79 Å². The van der Waals surface area contributed by atoms with E-state index in [1.54, 1.807) is 62.6 Å². The van der Waals surface area contributed by atoms with Crippen molar-refractivity contribution < 1.29 is 14.4 Å². The zero-order valence-corrected chi connectivity index (χ0v) is 17.7. The highest BCUT2D eigenvalue weighted by atomic mass is 35.5. The Labute approximate surface area is 180 Å². The molecular formula is C21H16ClN3O4S. The third-order valence-corrected chi connectivity index (χ3v) is 6.09. The standard InChI is InChI=1S/C21H16ClN3O4S/c1-23-15-8-3-12(9-16(15)24(2)20(23)28)10-18-19(27)25(21(29)30-18)11-17(26)13-4-6-14(22)7-5-13/h3-10H,11H2,1-2H3/b18-10+. The topological polar surface area (TPSA) is 81.4 Å². The predicted molar refractivity (Wildman–Crippen MR) is 117 cm³/mol. The number of benzene rings is 2. The Morgan fingerprint density at radius 1 is 1.00 bits per heavy atom. The van der Waals surface area contributed by atoms with Crippen molar-refractivity contribution in [3.63, 3.8) is 0 Å². The summed E-state index contributed by atoms with van der Waals surface area (Å²) < 4.78 is 3.05. The van der Waals surface area contributed by atoms with Crippen LogP contribution in [0.25, 0.3) is 17.1 Å². The van der Waals surface area contributed by atoms with Crippen molar-refractivity contribution in [2.75, 3.05) is 6.54 Å². The molecule has 1 fully saturated rings. The average Bonchev–Trinajstić information content (AvgIpc) is 3.11. The summed E-state index contributed by atoms with van der Waals surface area (Å²) in [6, 6.07) is 11.6. The van der Waals surface area contributed by atoms with E-state index in [1.807, 2.05) is 0 Å². The van der Waals surface area contributed by atoms with Crippen LogP contribution in [-0.2, 0) is 18.9 Å². The number of aryl methyl sites for hydroxylation is 2. The fourth-order valence-electron chi connectivity index (χ4n) is 3.27. The first-order valence-corrected chi connectivity index (χ1v) is 10.2. The lowest BCUT2D eigenvalue weighted by Crippen LogP contribution is -2.33. The summed E-state index contributed by atoms with van der Waals surface area (Å²) in [6.45, 7) is -0.337. The van der Waals surface area contributed by atoms with Gasteiger partial charge in [-0.05, 0) is 59.8 Å². The number of carbonyl (C=O) groups excluding carboxylic acids is 3. The Morgan fingerprint density at radius 2 is 1.67 bits per heavy atom. The minimum atomic E-state index is -0.519. The Bertz CT molecular complexity index is 1300. The van der Waals surface area contributed by atoms with Gasteiger partial charge in [-0.1, -0.05) is 17.7 Å². The van der Waals surface area contributed by atoms with E-state index in [-0.39, 0.29) is 22.9 Å². The zero-order valence-electron chi connectivity index (χ0n) is 16.1. The number of Topliss-reactive ketones (excluding diaryl/α,β-unsaturated/α-hetero) is 1. The molecule has 2 aromatic carbocycles. The Kier molecular flexibility index (Phi) is 5.13. The Hall–Kier alpha value is -3.10. The van der Waals surface area contributed by atoms with Gasteiger partial charge in [-0.2, -0.15) is 0 Å². The van der Waals surface area contributed by atoms with Gasteiger partial charge in [0.2, 0.25) is 0 Å². The van der Waals surface area contributed by atoms with E-state index in [1.165, 1.54) is 9.13 Å². The largest absolute Gasteiger partial charge is 0.328 e. The van der Waals surface area contributed by atoms with Crippen LogP contribution in [0, 0.1) is 0 Å². The number of imidazole rings is 1. The number of aromatic nitrogens is 2. The van der Waals surface area contributed by atoms with Gasteiger partial charge in [0.15, 0.2) is 5.78 Å². The van der Waals surface area contributed by atoms with Crippen LogP contribution in [0.1, 0.15) is 15.9 Å². The number of hydrogen-bond acceptors (Lipinski definition) is 5. The number of imide groups is 1. The molecule has 1 saturated heterocycles. The van der Waals surface area contributed by atoms with Crippen molar-refractivity contribution in [2.24, 2.45) is 14.1 Å². The van der Waals surface area contributed by atoms with Crippen LogP contribution in [0.4, 0.5) is 4.79 Å². The first-order valence-electron chi connectivity index (χ1n) is 8.96. The molecule has 0 N–H and O–H groups in total. The highest BCUT2D eigenvalue weighted by molar-refractivity contribution is 8.18. The second-order valence-corrected chi connectivity index (χ2v) is 8.28. The molecule has 0 aliphatic carbocycles. The lowest BCUT2D eigenvalue weighted by atomic mass is 10.1. The van der Waals surface area contributed by atoms with Gasteiger partial charge in [-0.3, -0.25) is 28.4 Å². The quantitative estimate of drug-likeness (QED) is 0.457. The van der Waals surface area contributed by atoms with E-state index in [0.717, 1.165) is 22.2 Å². The van der Waals surface area contributed by atoms with Gasteiger partial charge in [-0.15, -0.1) is 0 Å². The van der Waals surface area contributed by atoms with E-state index in [9.17, 15) is 19.2 Å². The monoisotopic (exact) mass is 441 g/mol. The molecule has 1 aromatic heterocycles. The number of nitrogens with zero attached hydrogens (tertiary/aromatic N) is 3. The molecule has 1 aliphatic rings. The smallest absolute Gasteiger partial charge is 0.295 e. The maximum absolute atomic E-state index is 12.7. The highest BCUT2D eigenvalue weighted by Gasteiger charge is 2.36. The second kappa shape index (κ2) is 7.62. The molecular weight excluding hydrogens is 426 g/mol. The maximum Gasteiger partial charge on any atom is 0.328 e. The van der Waals surface area contributed by atoms with Crippen LogP contribution in [0.5, 0.6) is 0 Å². The fourth-order valence-corrected chi connectivity index (χ4v) is 4.24. The van der Waals surface area contributed by atoms with Gasteiger partial charge in [0.05, 0.1) is 22.5 Å². The molecule has 0 saturated carbocycles. The maximum atomic E-state index is 12.7. The summed E-state index contributed by atoms with van der Waals surface area (Å²) >= 11 is 6.61. The molecule has 152 valence electrons. The van der Waals surface area contributed by atoms with E-state index in [4.69, 9.17) is 11.6 Å². The van der Waals surface area contributed by atoms with Crippen molar-refractivity contribution in [2.45, 2.75) is 0 Å². The first kappa shape index (κ1) is 20.2. The van der Waals surface area contributed by atoms with Gasteiger partial charge in [0, 0.05) is 24.7 Å². The zero-order chi connectivity index (χ0) is 21.6. The summed E-state index contributed by atoms with van der Waals surface area (Å²) in [4.78, 5) is 50.7. The third-order valence-electron chi connectivity index (χ3n) is 4.94. The minimum absolute atomic E-state index is 0.150. The molecule has 4 rings (SSSR count). The normalized spacial score (nSPS) is 15.6. The highest BCUT2D eigenvalue weighted by Crippen LogP contribution is 2.32. The van der Waals surface area contributed by atoms with Crippen LogP contribution in [0.3, 0.4) is 0 Å². The Balaban J connectivity index is 1.59. The second-order valence-electron chi connectivity index (χ2n) is 6.85. The SMILES string of the molecule is Cn1c(=O)n(C)c2cc(/C=C3/SC(=O)N(CC(=O)c4ccc(Cl)cc4)C3=O)ccc21. The fraction of sp³-hybridized carbons (Fsp3) is 0.143. The summed E-state index contributed by atoms with van der Waals surface area (Å²) in [6.07, 6.45) is 1.59. The van der Waals surface area contributed by atoms with Crippen LogP contribution in [0.15, 0.2) is 52.2 Å². The van der Waals surface area contributed by atoms with Crippen LogP contribution >= 0.6 is 23.4 Å². The van der Waals surface area contributed by atoms with Crippen molar-refractivity contribution in [1.29, 1.82) is 0 Å². The molecule has 0 spiro atoms. The molecule has 2 amide bonds. The number of thioether (sulfide) groups is 1. The third kappa shape index (κ3) is 3.48. The van der Waals surface area contributed by atoms with E-state index < -0.39 is 11.1 Å². The average molecular weight is 442 g/mol. The number of rotatable bonds is 4. The van der Waals surface area contributed by atoms with Crippen molar-refractivity contribution in [1.82, 2.24) is 14.0 Å². The van der Waals surface area contributed by atoms with Crippen molar-refractivity contribution >= 4 is 57.4 Å². The summed E-state index contributed by atoms with van der Waals surface area (Å²) in [5.41, 5.74) is 2.38. The molecule has 2 heterocycles. The number of carbonyl (C=O) groups is 3. The summed E-state index contributed by atoms with van der Waals surface area (Å²) in [7, 11) is 3.36. The summed E-state index contributed by atoms with van der Waals surface area (Å²) in [5.74, 6) is -0.870. The van der Waals surface area contributed by atoms with Gasteiger partial charge in [0.1, 0.15) is 0 Å². The Morgan fingerprint density at radius 3 is 2.37 bits per heavy atom. The van der Waals surface area contributed by atoms with Gasteiger partial charge < -0.3 is 0 Å². The van der Waals surface area contributed by atoms with Crippen molar-refractivity contribution in [3.05, 3.63) is 74.0 Å². The molecule has 1 aliphatic heterocycles. The number of ketones is 1. The molecule has 0 atom stereocenters. The molecule has 3 aromatic rings. The molecule has 0 radical (unpaired) electrons. The van der Waals surface area contributed by atoms with E-state index in [0.29, 0.717) is 21.7 Å². The van der Waals surface area contributed by atoms with Crippen LogP contribution < -0.4 is 5.69 Å². The van der Waals surface area contributed by atoms with E-state index >= 15 is 0 Å². The molecule has 0 bridgehead atoms. The number of hydrogen-bond donors (Lipinski definition) is 0. The lowest BCUT2D eigenvalue weighted by molar-refractivity contribution is -0.122. The molecule has 9 heteroatoms. The van der Waals surface area contributed by atoms with Crippen LogP contribution in [0.2, 0.25) is 5.02 Å². The summed E-state index contributed by atoms with van der Waals surface area (Å²) in [5, 5.41) is -0.00436. The number of halogens is 1. The van der Waals surface area contributed by atoms with Crippen molar-refractivity contribution in [3.8, 4) is 0 Å². The lowest BCUT2D eigenvalue weighted by Gasteiger charge is -2.11. The first-order chi connectivity index (χ1) is 14.3. The van der Waals surface area contributed by atoms with Gasteiger partial charge >= 0.3 is 5.69 Å². The number of fused-ring (bicyclic) bond motifs is 1. The molecule has 0 unspecified atom stereocenters. The minimum Gasteiger partial charge on any atom is -0.295 e. The number of amides is 2. The van der Waals surface area contributed by atoms with Gasteiger partial charge in [0.25, 0.3) is 11.1 Å². The van der Waals surface area contributed by atoms with E-state index in [2.05, 4.69) is 0 Å². The molecule has 30 heavy (non-hydrogen) atoms. The predicted octanol–water partition coefficient (Wildman–Crippen LogP) is 3.45. The van der Waals surface area contributed by atoms with Crippen LogP contribution in [-0.4, -0.2) is 37.5 Å².